The Morgan fingerprint density at radius 3 is 2.45 bits per heavy atom. The highest BCUT2D eigenvalue weighted by Crippen LogP contribution is 2.23. The molecule has 0 amide bonds. The van der Waals surface area contributed by atoms with E-state index < -0.39 is 10.0 Å². The Bertz CT molecular complexity index is 693. The van der Waals surface area contributed by atoms with Gasteiger partial charge in [0.1, 0.15) is 0 Å². The summed E-state index contributed by atoms with van der Waals surface area (Å²) in [5, 5.41) is 1.64. The van der Waals surface area contributed by atoms with E-state index in [-0.39, 0.29) is 12.0 Å². The van der Waals surface area contributed by atoms with Crippen LogP contribution in [0.3, 0.4) is 0 Å². The van der Waals surface area contributed by atoms with E-state index in [0.717, 1.165) is 10.8 Å². The minimum atomic E-state index is -3.55. The summed E-state index contributed by atoms with van der Waals surface area (Å²) in [4.78, 5) is 0.312. The zero-order valence-corrected chi connectivity index (χ0v) is 12.5. The largest absolute Gasteiger partial charge is 0.330 e. The van der Waals surface area contributed by atoms with Crippen LogP contribution in [0.4, 0.5) is 0 Å². The fourth-order valence-corrected chi connectivity index (χ4v) is 3.64. The van der Waals surface area contributed by atoms with Gasteiger partial charge in [-0.15, -0.1) is 0 Å². The summed E-state index contributed by atoms with van der Waals surface area (Å²) < 4.78 is 27.8. The molecule has 0 bridgehead atoms. The first-order valence-electron chi connectivity index (χ1n) is 6.66. The summed E-state index contributed by atoms with van der Waals surface area (Å²) in [5.74, 6) is 0.0831. The van der Waals surface area contributed by atoms with E-state index in [1.807, 2.05) is 44.2 Å². The number of hydrogen-bond acceptors (Lipinski definition) is 3. The van der Waals surface area contributed by atoms with Crippen molar-refractivity contribution in [1.29, 1.82) is 0 Å². The van der Waals surface area contributed by atoms with Crippen molar-refractivity contribution in [2.45, 2.75) is 24.8 Å². The fourth-order valence-electron chi connectivity index (χ4n) is 2.06. The monoisotopic (exact) mass is 292 g/mol. The molecule has 2 aromatic carbocycles. The third-order valence-corrected chi connectivity index (χ3v) is 5.22. The maximum atomic E-state index is 12.5. The van der Waals surface area contributed by atoms with Crippen LogP contribution < -0.4 is 10.5 Å². The van der Waals surface area contributed by atoms with Gasteiger partial charge < -0.3 is 5.73 Å². The molecule has 0 aliphatic rings. The van der Waals surface area contributed by atoms with Gasteiger partial charge in [0.05, 0.1) is 4.90 Å². The SMILES string of the molecule is CC(CN)C(C)NS(=O)(=O)c1cccc2ccccc12. The number of hydrogen-bond donors (Lipinski definition) is 2. The van der Waals surface area contributed by atoms with Crippen LogP contribution in [0.25, 0.3) is 10.8 Å². The average molecular weight is 292 g/mol. The van der Waals surface area contributed by atoms with Gasteiger partial charge >= 0.3 is 0 Å². The van der Waals surface area contributed by atoms with Crippen molar-refractivity contribution in [3.63, 3.8) is 0 Å². The van der Waals surface area contributed by atoms with Crippen LogP contribution >= 0.6 is 0 Å². The third kappa shape index (κ3) is 3.00. The summed E-state index contributed by atoms with van der Waals surface area (Å²) in [6.45, 7) is 4.20. The molecular weight excluding hydrogens is 272 g/mol. The van der Waals surface area contributed by atoms with Crippen LogP contribution in [0, 0.1) is 5.92 Å². The molecule has 0 saturated heterocycles. The van der Waals surface area contributed by atoms with E-state index in [1.165, 1.54) is 0 Å². The van der Waals surface area contributed by atoms with Crippen molar-refractivity contribution >= 4 is 20.8 Å². The van der Waals surface area contributed by atoms with Gasteiger partial charge in [0.2, 0.25) is 10.0 Å². The molecule has 0 fully saturated rings. The van der Waals surface area contributed by atoms with Gasteiger partial charge in [0.15, 0.2) is 0 Å². The van der Waals surface area contributed by atoms with Gasteiger partial charge in [-0.25, -0.2) is 13.1 Å². The van der Waals surface area contributed by atoms with Crippen molar-refractivity contribution in [1.82, 2.24) is 4.72 Å². The minimum Gasteiger partial charge on any atom is -0.330 e. The highest BCUT2D eigenvalue weighted by molar-refractivity contribution is 7.89. The molecule has 2 atom stereocenters. The number of fused-ring (bicyclic) bond motifs is 1. The summed E-state index contributed by atoms with van der Waals surface area (Å²) in [6, 6.07) is 12.5. The van der Waals surface area contributed by atoms with Crippen molar-refractivity contribution in [2.75, 3.05) is 6.54 Å². The van der Waals surface area contributed by atoms with E-state index in [0.29, 0.717) is 11.4 Å². The van der Waals surface area contributed by atoms with Gasteiger partial charge in [0, 0.05) is 11.4 Å². The Balaban J connectivity index is 2.42. The molecule has 2 aromatic rings. The lowest BCUT2D eigenvalue weighted by molar-refractivity contribution is 0.453. The first-order valence-corrected chi connectivity index (χ1v) is 8.14. The van der Waals surface area contributed by atoms with E-state index in [1.54, 1.807) is 12.1 Å². The second kappa shape index (κ2) is 5.91. The van der Waals surface area contributed by atoms with Crippen LogP contribution in [0.1, 0.15) is 13.8 Å². The zero-order chi connectivity index (χ0) is 14.8. The van der Waals surface area contributed by atoms with E-state index in [4.69, 9.17) is 5.73 Å². The molecule has 108 valence electrons. The molecule has 4 nitrogen and oxygen atoms in total. The average Bonchev–Trinajstić information content (AvgIpc) is 2.45. The Kier molecular flexibility index (Phi) is 4.42. The lowest BCUT2D eigenvalue weighted by atomic mass is 10.1. The molecule has 2 unspecified atom stereocenters. The van der Waals surface area contributed by atoms with Crippen LogP contribution in [-0.4, -0.2) is 21.0 Å². The summed E-state index contributed by atoms with van der Waals surface area (Å²) >= 11 is 0. The van der Waals surface area contributed by atoms with E-state index in [2.05, 4.69) is 4.72 Å². The molecule has 0 saturated carbocycles. The number of rotatable bonds is 5. The Labute approximate surface area is 120 Å². The summed E-state index contributed by atoms with van der Waals surface area (Å²) in [5.41, 5.74) is 5.59. The number of sulfonamides is 1. The number of benzene rings is 2. The quantitative estimate of drug-likeness (QED) is 0.886. The molecule has 3 N–H and O–H groups in total. The normalized spacial score (nSPS) is 15.2. The second-order valence-corrected chi connectivity index (χ2v) is 6.78. The van der Waals surface area contributed by atoms with Crippen molar-refractivity contribution in [2.24, 2.45) is 11.7 Å². The highest BCUT2D eigenvalue weighted by atomic mass is 32.2. The highest BCUT2D eigenvalue weighted by Gasteiger charge is 2.22. The second-order valence-electron chi connectivity index (χ2n) is 5.10. The third-order valence-electron chi connectivity index (χ3n) is 3.61. The molecule has 0 aromatic heterocycles. The van der Waals surface area contributed by atoms with Crippen LogP contribution in [-0.2, 0) is 10.0 Å². The molecule has 0 radical (unpaired) electrons. The van der Waals surface area contributed by atoms with Crippen LogP contribution in [0.15, 0.2) is 47.4 Å². The molecule has 2 rings (SSSR count). The summed E-state index contributed by atoms with van der Waals surface area (Å²) in [7, 11) is -3.55. The zero-order valence-electron chi connectivity index (χ0n) is 11.7. The first-order chi connectivity index (χ1) is 9.45. The molecule has 0 spiro atoms. The Morgan fingerprint density at radius 1 is 1.10 bits per heavy atom. The van der Waals surface area contributed by atoms with Crippen molar-refractivity contribution < 1.29 is 8.42 Å². The number of nitrogens with one attached hydrogen (secondary N) is 1. The Hall–Kier alpha value is -1.43. The predicted molar refractivity (Wildman–Crippen MR) is 81.9 cm³/mol. The predicted octanol–water partition coefficient (Wildman–Crippen LogP) is 2.10. The molecule has 0 aliphatic heterocycles. The van der Waals surface area contributed by atoms with Gasteiger partial charge in [-0.2, -0.15) is 0 Å². The fraction of sp³-hybridized carbons (Fsp3) is 0.333. The summed E-state index contributed by atoms with van der Waals surface area (Å²) in [6.07, 6.45) is 0. The molecule has 20 heavy (non-hydrogen) atoms. The molecule has 0 heterocycles. The first kappa shape index (κ1) is 15.0. The minimum absolute atomic E-state index is 0.0831. The van der Waals surface area contributed by atoms with Gasteiger partial charge in [-0.3, -0.25) is 0 Å². The smallest absolute Gasteiger partial charge is 0.241 e. The Morgan fingerprint density at radius 2 is 1.75 bits per heavy atom. The lowest BCUT2D eigenvalue weighted by Crippen LogP contribution is -2.39. The maximum absolute atomic E-state index is 12.5. The molecule has 5 heteroatoms. The van der Waals surface area contributed by atoms with Gasteiger partial charge in [-0.05, 0) is 30.8 Å². The standard InChI is InChI=1S/C15H20N2O2S/c1-11(10-16)12(2)17-20(18,19)15-9-5-7-13-6-3-4-8-14(13)15/h3-9,11-12,17H,10,16H2,1-2H3. The van der Waals surface area contributed by atoms with Gasteiger partial charge in [-0.1, -0.05) is 43.3 Å². The topological polar surface area (TPSA) is 72.2 Å². The van der Waals surface area contributed by atoms with Crippen LogP contribution in [0.5, 0.6) is 0 Å². The van der Waals surface area contributed by atoms with Crippen molar-refractivity contribution in [3.05, 3.63) is 42.5 Å². The molecule has 0 aliphatic carbocycles. The maximum Gasteiger partial charge on any atom is 0.241 e. The van der Waals surface area contributed by atoms with Crippen LogP contribution in [0.2, 0.25) is 0 Å². The van der Waals surface area contributed by atoms with Gasteiger partial charge in [0.25, 0.3) is 0 Å². The molecular formula is C15H20N2O2S. The van der Waals surface area contributed by atoms with Crippen molar-refractivity contribution in [3.8, 4) is 0 Å². The van der Waals surface area contributed by atoms with E-state index >= 15 is 0 Å². The lowest BCUT2D eigenvalue weighted by Gasteiger charge is -2.20. The van der Waals surface area contributed by atoms with E-state index in [9.17, 15) is 8.42 Å². The number of nitrogens with two attached hydrogens (primary N) is 1.